The molecule has 1 heterocycles. The van der Waals surface area contributed by atoms with Gasteiger partial charge < -0.3 is 4.98 Å². The third kappa shape index (κ3) is 1.88. The van der Waals surface area contributed by atoms with Crippen LogP contribution in [-0.4, -0.2) is 4.98 Å². The molecule has 0 unspecified atom stereocenters. The molecule has 0 aliphatic heterocycles. The summed E-state index contributed by atoms with van der Waals surface area (Å²) in [5.74, 6) is 0. The molecule has 1 aromatic heterocycles. The van der Waals surface area contributed by atoms with Crippen LogP contribution in [0.25, 0.3) is 12.2 Å². The van der Waals surface area contributed by atoms with Gasteiger partial charge in [0.05, 0.1) is 0 Å². The van der Waals surface area contributed by atoms with Gasteiger partial charge in [-0.05, 0) is 24.1 Å². The van der Waals surface area contributed by atoms with Gasteiger partial charge in [-0.15, -0.1) is 0 Å². The van der Waals surface area contributed by atoms with E-state index in [9.17, 15) is 0 Å². The van der Waals surface area contributed by atoms with Gasteiger partial charge >= 0.3 is 0 Å². The van der Waals surface area contributed by atoms with Crippen molar-refractivity contribution in [2.45, 2.75) is 20.3 Å². The lowest BCUT2D eigenvalue weighted by Crippen LogP contribution is -1.71. The van der Waals surface area contributed by atoms with Gasteiger partial charge in [0.1, 0.15) is 0 Å². The second kappa shape index (κ2) is 4.60. The molecule has 2 rings (SSSR count). The molecule has 0 atom stereocenters. The van der Waals surface area contributed by atoms with Crippen LogP contribution in [0.2, 0.25) is 0 Å². The van der Waals surface area contributed by atoms with Gasteiger partial charge in [-0.1, -0.05) is 32.1 Å². The molecule has 0 aromatic carbocycles. The molecule has 0 amide bonds. The molecule has 1 N–H and O–H groups in total. The molecule has 1 heteroatoms. The smallest absolute Gasteiger partial charge is 0.0450 e. The minimum atomic E-state index is 1.04. The Kier molecular flexibility index (Phi) is 3.39. The van der Waals surface area contributed by atoms with Crippen molar-refractivity contribution in [3.8, 4) is 0 Å². The lowest BCUT2D eigenvalue weighted by Gasteiger charge is -1.86. The van der Waals surface area contributed by atoms with Gasteiger partial charge in [0.2, 0.25) is 0 Å². The number of H-pyrrole nitrogens is 1. The number of hydrogen-bond acceptors (Lipinski definition) is 0. The van der Waals surface area contributed by atoms with Crippen molar-refractivity contribution in [3.05, 3.63) is 35.7 Å². The largest absolute Gasteiger partial charge is 0.361 e. The molecule has 0 fully saturated rings. The molecular weight excluding hydrogens is 146 g/mol. The van der Waals surface area contributed by atoms with Gasteiger partial charge in [0.25, 0.3) is 0 Å². The number of hydrogen-bond donors (Lipinski definition) is 1. The average Bonchev–Trinajstić information content (AvgIpc) is 2.46. The summed E-state index contributed by atoms with van der Waals surface area (Å²) in [7, 11) is 0. The lowest BCUT2D eigenvalue weighted by atomic mass is 10.2. The van der Waals surface area contributed by atoms with Gasteiger partial charge in [0, 0.05) is 11.9 Å². The first kappa shape index (κ1) is 8.85. The number of aromatic nitrogens is 1. The Morgan fingerprint density at radius 1 is 1.17 bits per heavy atom. The Labute approximate surface area is 73.8 Å². The van der Waals surface area contributed by atoms with Crippen LogP contribution in [0.3, 0.4) is 0 Å². The highest BCUT2D eigenvalue weighted by atomic mass is 14.7. The van der Waals surface area contributed by atoms with E-state index in [1.807, 2.05) is 20.0 Å². The van der Waals surface area contributed by atoms with Crippen LogP contribution in [0.5, 0.6) is 0 Å². The molecule has 0 saturated heterocycles. The van der Waals surface area contributed by atoms with Crippen molar-refractivity contribution in [2.75, 3.05) is 0 Å². The summed E-state index contributed by atoms with van der Waals surface area (Å²) in [4.78, 5) is 3.16. The van der Waals surface area contributed by atoms with E-state index in [1.165, 1.54) is 11.3 Å². The van der Waals surface area contributed by atoms with Crippen molar-refractivity contribution in [2.24, 2.45) is 0 Å². The third-order valence-electron chi connectivity index (χ3n) is 1.67. The third-order valence-corrected chi connectivity index (χ3v) is 1.67. The van der Waals surface area contributed by atoms with Gasteiger partial charge in [-0.3, -0.25) is 0 Å². The second-order valence-electron chi connectivity index (χ2n) is 2.39. The van der Waals surface area contributed by atoms with E-state index in [1.54, 1.807) is 0 Å². The van der Waals surface area contributed by atoms with Crippen LogP contribution in [0.15, 0.2) is 24.4 Å². The quantitative estimate of drug-likeness (QED) is 0.599. The molecule has 1 aliphatic rings. The maximum atomic E-state index is 3.16. The fourth-order valence-corrected chi connectivity index (χ4v) is 1.14. The molecular formula is C11H15N. The number of nitrogens with one attached hydrogen (secondary N) is 1. The van der Waals surface area contributed by atoms with Crippen LogP contribution in [0, 0.1) is 0 Å². The summed E-state index contributed by atoms with van der Waals surface area (Å²) in [5.41, 5.74) is 2.50. The maximum Gasteiger partial charge on any atom is 0.0450 e. The van der Waals surface area contributed by atoms with E-state index in [-0.39, 0.29) is 0 Å². The minimum absolute atomic E-state index is 1.04. The van der Waals surface area contributed by atoms with Crippen LogP contribution in [-0.2, 0) is 0 Å². The lowest BCUT2D eigenvalue weighted by molar-refractivity contribution is 1.36. The molecule has 0 saturated carbocycles. The van der Waals surface area contributed by atoms with E-state index < -0.39 is 0 Å². The highest BCUT2D eigenvalue weighted by Gasteiger charge is 1.96. The van der Waals surface area contributed by atoms with Crippen LogP contribution in [0.1, 0.15) is 31.5 Å². The highest BCUT2D eigenvalue weighted by Crippen LogP contribution is 2.14. The normalized spacial score (nSPS) is 12.8. The molecule has 1 aliphatic carbocycles. The second-order valence-corrected chi connectivity index (χ2v) is 2.39. The predicted molar refractivity (Wildman–Crippen MR) is 54.8 cm³/mol. The van der Waals surface area contributed by atoms with E-state index in [2.05, 4.69) is 35.4 Å². The molecule has 0 spiro atoms. The Morgan fingerprint density at radius 2 is 1.92 bits per heavy atom. The van der Waals surface area contributed by atoms with Crippen molar-refractivity contribution in [1.29, 1.82) is 0 Å². The number of allylic oxidation sites excluding steroid dienone is 2. The zero-order valence-electron chi connectivity index (χ0n) is 7.67. The van der Waals surface area contributed by atoms with E-state index in [4.69, 9.17) is 0 Å². The van der Waals surface area contributed by atoms with E-state index in [0.29, 0.717) is 0 Å². The van der Waals surface area contributed by atoms with Crippen molar-refractivity contribution >= 4 is 12.2 Å². The van der Waals surface area contributed by atoms with E-state index >= 15 is 0 Å². The topological polar surface area (TPSA) is 15.8 Å². The van der Waals surface area contributed by atoms with Crippen LogP contribution in [0.4, 0.5) is 0 Å². The van der Waals surface area contributed by atoms with Gasteiger partial charge in [-0.2, -0.15) is 0 Å². The summed E-state index contributed by atoms with van der Waals surface area (Å²) >= 11 is 0. The summed E-state index contributed by atoms with van der Waals surface area (Å²) in [6.07, 6.45) is 11.6. The highest BCUT2D eigenvalue weighted by molar-refractivity contribution is 5.64. The molecule has 64 valence electrons. The molecule has 1 nitrogen and oxygen atoms in total. The van der Waals surface area contributed by atoms with Crippen molar-refractivity contribution < 1.29 is 0 Å². The summed E-state index contributed by atoms with van der Waals surface area (Å²) < 4.78 is 0. The van der Waals surface area contributed by atoms with Gasteiger partial charge in [0.15, 0.2) is 0 Å². The van der Waals surface area contributed by atoms with Crippen LogP contribution >= 0.6 is 0 Å². The first-order valence-corrected chi connectivity index (χ1v) is 4.47. The van der Waals surface area contributed by atoms with Crippen molar-refractivity contribution in [1.82, 2.24) is 4.98 Å². The maximum absolute atomic E-state index is 3.16. The molecule has 0 bridgehead atoms. The predicted octanol–water partition coefficient (Wildman–Crippen LogP) is 3.47. The molecule has 0 radical (unpaired) electrons. The fourth-order valence-electron chi connectivity index (χ4n) is 1.14. The Balaban J connectivity index is 0.000000336. The SMILES string of the molecule is C1=Cc2cc[nH]c2C=CC1.CC. The first-order valence-electron chi connectivity index (χ1n) is 4.47. The average molecular weight is 161 g/mol. The molecule has 12 heavy (non-hydrogen) atoms. The summed E-state index contributed by atoms with van der Waals surface area (Å²) in [6, 6.07) is 2.08. The standard InChI is InChI=1S/C9H9N.C2H6/c1-2-4-8-6-7-10-9(8)5-3-1;1-2/h2-7,10H,1H2;1-2H3. The Hall–Kier alpha value is -1.24. The number of aromatic amines is 1. The summed E-state index contributed by atoms with van der Waals surface area (Å²) in [6.45, 7) is 4.00. The van der Waals surface area contributed by atoms with Crippen molar-refractivity contribution in [3.63, 3.8) is 0 Å². The monoisotopic (exact) mass is 161 g/mol. The fraction of sp³-hybridized carbons (Fsp3) is 0.273. The van der Waals surface area contributed by atoms with E-state index in [0.717, 1.165) is 6.42 Å². The minimum Gasteiger partial charge on any atom is -0.361 e. The first-order chi connectivity index (χ1) is 5.97. The Bertz CT molecular complexity index is 252. The zero-order valence-corrected chi connectivity index (χ0v) is 7.67. The molecule has 1 aromatic rings. The van der Waals surface area contributed by atoms with Crippen LogP contribution < -0.4 is 0 Å². The van der Waals surface area contributed by atoms with Gasteiger partial charge in [-0.25, -0.2) is 0 Å². The summed E-state index contributed by atoms with van der Waals surface area (Å²) in [5, 5.41) is 0. The number of fused-ring (bicyclic) bond motifs is 1. The number of rotatable bonds is 0. The zero-order chi connectivity index (χ0) is 8.81. The Morgan fingerprint density at radius 3 is 2.75 bits per heavy atom.